The minimum absolute atomic E-state index is 0.205. The van der Waals surface area contributed by atoms with Gasteiger partial charge in [-0.05, 0) is 42.7 Å². The van der Waals surface area contributed by atoms with Crippen molar-refractivity contribution in [2.24, 2.45) is 5.73 Å². The quantitative estimate of drug-likeness (QED) is 0.815. The van der Waals surface area contributed by atoms with Crippen molar-refractivity contribution in [2.45, 2.75) is 37.6 Å². The van der Waals surface area contributed by atoms with E-state index in [-0.39, 0.29) is 17.7 Å². The van der Waals surface area contributed by atoms with E-state index in [1.807, 2.05) is 12.1 Å². The normalized spacial score (nSPS) is 21.3. The Bertz CT molecular complexity index is 513. The van der Waals surface area contributed by atoms with E-state index >= 15 is 0 Å². The Morgan fingerprint density at radius 1 is 1.39 bits per heavy atom. The van der Waals surface area contributed by atoms with Gasteiger partial charge in [0, 0.05) is 6.04 Å². The van der Waals surface area contributed by atoms with Crippen molar-refractivity contribution in [3.8, 4) is 0 Å². The van der Waals surface area contributed by atoms with Gasteiger partial charge in [0.05, 0.1) is 5.75 Å². The highest BCUT2D eigenvalue weighted by Crippen LogP contribution is 2.34. The van der Waals surface area contributed by atoms with E-state index in [4.69, 9.17) is 10.3 Å². The average Bonchev–Trinajstić information content (AvgIpc) is 2.34. The lowest BCUT2D eigenvalue weighted by Gasteiger charge is -2.30. The van der Waals surface area contributed by atoms with E-state index in [1.165, 1.54) is 11.1 Å². The lowest BCUT2D eigenvalue weighted by atomic mass is 9.78. The van der Waals surface area contributed by atoms with Gasteiger partial charge >= 0.3 is 0 Å². The molecule has 2 atom stereocenters. The molecule has 0 aromatic heterocycles. The van der Waals surface area contributed by atoms with Crippen molar-refractivity contribution < 1.29 is 13.0 Å². The number of benzene rings is 1. The molecule has 18 heavy (non-hydrogen) atoms. The standard InChI is InChI=1S/C13H19NO3S/c14-13(8-9-18(15,16)17)12-7-3-5-10-4-1-2-6-11(10)12/h1-2,4,6,12-13H,3,5,7-9,14H2,(H,15,16,17). The Hall–Kier alpha value is -0.910. The number of fused-ring (bicyclic) bond motifs is 1. The first-order valence-corrected chi connectivity index (χ1v) is 7.87. The van der Waals surface area contributed by atoms with Crippen LogP contribution in [0.2, 0.25) is 0 Å². The van der Waals surface area contributed by atoms with Crippen LogP contribution in [0, 0.1) is 0 Å². The summed E-state index contributed by atoms with van der Waals surface area (Å²) in [5.41, 5.74) is 8.65. The van der Waals surface area contributed by atoms with Gasteiger partial charge in [0.2, 0.25) is 0 Å². The average molecular weight is 269 g/mol. The molecule has 100 valence electrons. The second-order valence-corrected chi connectivity index (χ2v) is 6.51. The molecule has 0 heterocycles. The van der Waals surface area contributed by atoms with Crippen LogP contribution in [0.4, 0.5) is 0 Å². The van der Waals surface area contributed by atoms with Crippen LogP contribution in [0.3, 0.4) is 0 Å². The summed E-state index contributed by atoms with van der Waals surface area (Å²) in [5, 5.41) is 0. The summed E-state index contributed by atoms with van der Waals surface area (Å²) in [6, 6.07) is 7.98. The zero-order valence-electron chi connectivity index (χ0n) is 10.2. The van der Waals surface area contributed by atoms with Crippen molar-refractivity contribution in [2.75, 3.05) is 5.75 Å². The number of rotatable bonds is 4. The zero-order chi connectivity index (χ0) is 13.2. The van der Waals surface area contributed by atoms with Gasteiger partial charge in [0.15, 0.2) is 0 Å². The summed E-state index contributed by atoms with van der Waals surface area (Å²) in [6.45, 7) is 0. The van der Waals surface area contributed by atoms with Crippen LogP contribution in [0.1, 0.15) is 36.3 Å². The molecule has 2 unspecified atom stereocenters. The number of nitrogens with two attached hydrogens (primary N) is 1. The van der Waals surface area contributed by atoms with Gasteiger partial charge in [-0.1, -0.05) is 24.3 Å². The maximum absolute atomic E-state index is 10.8. The fourth-order valence-electron chi connectivity index (χ4n) is 2.72. The minimum Gasteiger partial charge on any atom is -0.327 e. The Morgan fingerprint density at radius 2 is 2.11 bits per heavy atom. The second kappa shape index (κ2) is 5.38. The highest BCUT2D eigenvalue weighted by molar-refractivity contribution is 7.85. The Balaban J connectivity index is 2.10. The van der Waals surface area contributed by atoms with E-state index in [2.05, 4.69) is 12.1 Å². The molecule has 0 saturated carbocycles. The maximum Gasteiger partial charge on any atom is 0.264 e. The van der Waals surface area contributed by atoms with Crippen molar-refractivity contribution in [3.05, 3.63) is 35.4 Å². The Morgan fingerprint density at radius 3 is 2.83 bits per heavy atom. The highest BCUT2D eigenvalue weighted by Gasteiger charge is 2.26. The van der Waals surface area contributed by atoms with Crippen LogP contribution in [0.25, 0.3) is 0 Å². The number of aryl methyl sites for hydroxylation is 1. The van der Waals surface area contributed by atoms with E-state index < -0.39 is 10.1 Å². The highest BCUT2D eigenvalue weighted by atomic mass is 32.2. The van der Waals surface area contributed by atoms with E-state index in [0.717, 1.165) is 19.3 Å². The van der Waals surface area contributed by atoms with E-state index in [1.54, 1.807) is 0 Å². The fraction of sp³-hybridized carbons (Fsp3) is 0.538. The third-order valence-corrected chi connectivity index (χ3v) is 4.39. The molecule has 1 aromatic carbocycles. The summed E-state index contributed by atoms with van der Waals surface area (Å²) in [5.74, 6) is -0.0518. The maximum atomic E-state index is 10.8. The van der Waals surface area contributed by atoms with Gasteiger partial charge in [-0.15, -0.1) is 0 Å². The molecule has 4 nitrogen and oxygen atoms in total. The first-order valence-electron chi connectivity index (χ1n) is 6.26. The van der Waals surface area contributed by atoms with Gasteiger partial charge in [-0.3, -0.25) is 4.55 Å². The van der Waals surface area contributed by atoms with Crippen molar-refractivity contribution in [3.63, 3.8) is 0 Å². The van der Waals surface area contributed by atoms with E-state index in [9.17, 15) is 8.42 Å². The molecule has 0 fully saturated rings. The molecule has 3 N–H and O–H groups in total. The Labute approximate surface area is 108 Å². The molecule has 0 aliphatic heterocycles. The molecule has 0 spiro atoms. The molecule has 1 aromatic rings. The zero-order valence-corrected chi connectivity index (χ0v) is 11.1. The Kier molecular flexibility index (Phi) is 4.04. The predicted octanol–water partition coefficient (Wildman–Crippen LogP) is 1.71. The first-order chi connectivity index (χ1) is 8.47. The van der Waals surface area contributed by atoms with Gasteiger partial charge in [0.1, 0.15) is 0 Å². The number of hydrogen-bond donors (Lipinski definition) is 2. The van der Waals surface area contributed by atoms with Crippen LogP contribution >= 0.6 is 0 Å². The SMILES string of the molecule is NC(CCS(=O)(=O)O)C1CCCc2ccccc21. The van der Waals surface area contributed by atoms with Gasteiger partial charge < -0.3 is 5.73 Å². The van der Waals surface area contributed by atoms with Crippen LogP contribution in [0.15, 0.2) is 24.3 Å². The third kappa shape index (κ3) is 3.31. The molecule has 2 rings (SSSR count). The summed E-state index contributed by atoms with van der Waals surface area (Å²) >= 11 is 0. The van der Waals surface area contributed by atoms with Crippen LogP contribution in [0.5, 0.6) is 0 Å². The molecule has 0 amide bonds. The first kappa shape index (κ1) is 13.5. The molecule has 0 saturated heterocycles. The van der Waals surface area contributed by atoms with Crippen molar-refractivity contribution in [1.29, 1.82) is 0 Å². The van der Waals surface area contributed by atoms with Crippen LogP contribution in [-0.2, 0) is 16.5 Å². The minimum atomic E-state index is -3.92. The van der Waals surface area contributed by atoms with Gasteiger partial charge in [0.25, 0.3) is 10.1 Å². The fourth-order valence-corrected chi connectivity index (χ4v) is 3.29. The second-order valence-electron chi connectivity index (χ2n) is 4.94. The monoisotopic (exact) mass is 269 g/mol. The molecular formula is C13H19NO3S. The smallest absolute Gasteiger partial charge is 0.264 e. The summed E-state index contributed by atoms with van der Waals surface area (Å²) in [4.78, 5) is 0. The summed E-state index contributed by atoms with van der Waals surface area (Å²) < 4.78 is 30.3. The summed E-state index contributed by atoms with van der Waals surface area (Å²) in [6.07, 6.45) is 3.44. The van der Waals surface area contributed by atoms with E-state index in [0.29, 0.717) is 6.42 Å². The molecule has 5 heteroatoms. The number of hydrogen-bond acceptors (Lipinski definition) is 3. The third-order valence-electron chi connectivity index (χ3n) is 3.64. The molecule has 1 aliphatic carbocycles. The lowest BCUT2D eigenvalue weighted by Crippen LogP contribution is -2.32. The van der Waals surface area contributed by atoms with Gasteiger partial charge in [-0.2, -0.15) is 8.42 Å². The lowest BCUT2D eigenvalue weighted by molar-refractivity contribution is 0.439. The topological polar surface area (TPSA) is 80.4 Å². The largest absolute Gasteiger partial charge is 0.327 e. The molecule has 0 radical (unpaired) electrons. The summed E-state index contributed by atoms with van der Waals surface area (Å²) in [7, 11) is -3.92. The molecule has 1 aliphatic rings. The predicted molar refractivity (Wildman–Crippen MR) is 71.1 cm³/mol. The van der Waals surface area contributed by atoms with Gasteiger partial charge in [-0.25, -0.2) is 0 Å². The van der Waals surface area contributed by atoms with Crippen LogP contribution < -0.4 is 5.73 Å². The molecular weight excluding hydrogens is 250 g/mol. The van der Waals surface area contributed by atoms with Crippen molar-refractivity contribution >= 4 is 10.1 Å². The van der Waals surface area contributed by atoms with Crippen LogP contribution in [-0.4, -0.2) is 24.8 Å². The van der Waals surface area contributed by atoms with Crippen molar-refractivity contribution in [1.82, 2.24) is 0 Å². The molecule has 0 bridgehead atoms.